The van der Waals surface area contributed by atoms with E-state index < -0.39 is 0 Å². The Labute approximate surface area is 125 Å². The van der Waals surface area contributed by atoms with E-state index in [1.54, 1.807) is 18.4 Å². The molecule has 0 spiro atoms. The van der Waals surface area contributed by atoms with Crippen LogP contribution in [0.25, 0.3) is 0 Å². The van der Waals surface area contributed by atoms with Crippen molar-refractivity contribution in [2.24, 2.45) is 34.5 Å². The van der Waals surface area contributed by atoms with Gasteiger partial charge in [-0.2, -0.15) is 0 Å². The van der Waals surface area contributed by atoms with Gasteiger partial charge in [-0.3, -0.25) is 0 Å². The van der Waals surface area contributed by atoms with Gasteiger partial charge >= 0.3 is 0 Å². The molecule has 4 aliphatic rings. The lowest BCUT2D eigenvalue weighted by molar-refractivity contribution is -0.0885. The molecular formula is C20H32. The van der Waals surface area contributed by atoms with Gasteiger partial charge in [0.05, 0.1) is 0 Å². The van der Waals surface area contributed by atoms with E-state index in [-0.39, 0.29) is 0 Å². The van der Waals surface area contributed by atoms with Crippen LogP contribution in [0.1, 0.15) is 78.6 Å². The lowest BCUT2D eigenvalue weighted by Gasteiger charge is -2.59. The van der Waals surface area contributed by atoms with Gasteiger partial charge in [-0.05, 0) is 92.8 Å². The SMILES string of the molecule is CC1=CCC2CC[C@H]3[C@@H]4CCC[C@@]4(C)CC[C@@H]3[C@@]2(C)C1. The summed E-state index contributed by atoms with van der Waals surface area (Å²) in [5.41, 5.74) is 3.06. The minimum Gasteiger partial charge on any atom is -0.0853 e. The molecule has 0 N–H and O–H groups in total. The Morgan fingerprint density at radius 1 is 1.00 bits per heavy atom. The standard InChI is InChI=1S/C20H32/c1-14-6-7-15-8-9-16-17-5-4-11-19(17,2)12-10-18(16)20(15,3)13-14/h6,15-18H,4-5,7-13H2,1-3H3/t15?,16-,17-,18-,19-,20-/m0/s1. The molecule has 3 saturated carbocycles. The van der Waals surface area contributed by atoms with Gasteiger partial charge in [0.1, 0.15) is 0 Å². The smallest absolute Gasteiger partial charge is 0.0226 e. The third-order valence-electron chi connectivity index (χ3n) is 8.26. The molecule has 0 amide bonds. The van der Waals surface area contributed by atoms with Crippen molar-refractivity contribution in [3.63, 3.8) is 0 Å². The van der Waals surface area contributed by atoms with Crippen molar-refractivity contribution in [1.29, 1.82) is 0 Å². The van der Waals surface area contributed by atoms with Gasteiger partial charge in [-0.25, -0.2) is 0 Å². The minimum absolute atomic E-state index is 0.645. The zero-order chi connectivity index (χ0) is 14.0. The maximum absolute atomic E-state index is 2.67. The van der Waals surface area contributed by atoms with Crippen molar-refractivity contribution in [2.45, 2.75) is 78.6 Å². The highest BCUT2D eigenvalue weighted by Crippen LogP contribution is 2.66. The molecule has 3 fully saturated rings. The van der Waals surface area contributed by atoms with E-state index in [0.29, 0.717) is 5.41 Å². The minimum atomic E-state index is 0.645. The monoisotopic (exact) mass is 272 g/mol. The Hall–Kier alpha value is -0.260. The summed E-state index contributed by atoms with van der Waals surface area (Å²) >= 11 is 0. The van der Waals surface area contributed by atoms with E-state index in [9.17, 15) is 0 Å². The predicted octanol–water partition coefficient (Wildman–Crippen LogP) is 5.98. The average molecular weight is 272 g/mol. The van der Waals surface area contributed by atoms with E-state index in [2.05, 4.69) is 26.8 Å². The molecule has 0 aliphatic heterocycles. The molecule has 0 heteroatoms. The van der Waals surface area contributed by atoms with Crippen LogP contribution < -0.4 is 0 Å². The van der Waals surface area contributed by atoms with Crippen molar-refractivity contribution >= 4 is 0 Å². The Morgan fingerprint density at radius 2 is 1.85 bits per heavy atom. The van der Waals surface area contributed by atoms with Gasteiger partial charge in [0.25, 0.3) is 0 Å². The summed E-state index contributed by atoms with van der Waals surface area (Å²) in [5, 5.41) is 0. The van der Waals surface area contributed by atoms with Gasteiger partial charge in [-0.1, -0.05) is 31.9 Å². The molecule has 0 aromatic heterocycles. The largest absolute Gasteiger partial charge is 0.0853 e. The number of hydrogen-bond acceptors (Lipinski definition) is 0. The molecule has 0 aromatic rings. The molecular weight excluding hydrogens is 240 g/mol. The lowest BCUT2D eigenvalue weighted by Crippen LogP contribution is -2.51. The van der Waals surface area contributed by atoms with Crippen LogP contribution in [-0.2, 0) is 0 Å². The molecule has 1 unspecified atom stereocenters. The van der Waals surface area contributed by atoms with Gasteiger partial charge in [-0.15, -0.1) is 0 Å². The Morgan fingerprint density at radius 3 is 2.70 bits per heavy atom. The van der Waals surface area contributed by atoms with Crippen LogP contribution in [0.2, 0.25) is 0 Å². The van der Waals surface area contributed by atoms with Crippen molar-refractivity contribution in [3.8, 4) is 0 Å². The fourth-order valence-corrected chi connectivity index (χ4v) is 7.21. The molecule has 4 aliphatic carbocycles. The van der Waals surface area contributed by atoms with Gasteiger partial charge < -0.3 is 0 Å². The Bertz CT molecular complexity index is 433. The van der Waals surface area contributed by atoms with Crippen LogP contribution in [0.15, 0.2) is 11.6 Å². The first-order valence-corrected chi connectivity index (χ1v) is 9.19. The first kappa shape index (κ1) is 13.4. The molecule has 0 aromatic carbocycles. The fourth-order valence-electron chi connectivity index (χ4n) is 7.21. The lowest BCUT2D eigenvalue weighted by atomic mass is 9.45. The van der Waals surface area contributed by atoms with Crippen LogP contribution in [0.5, 0.6) is 0 Å². The highest BCUT2D eigenvalue weighted by molar-refractivity contribution is 5.15. The van der Waals surface area contributed by atoms with Crippen LogP contribution in [0.3, 0.4) is 0 Å². The second-order valence-corrected chi connectivity index (χ2v) is 9.20. The highest BCUT2D eigenvalue weighted by atomic mass is 14.6. The zero-order valence-electron chi connectivity index (χ0n) is 13.8. The van der Waals surface area contributed by atoms with Gasteiger partial charge in [0.2, 0.25) is 0 Å². The van der Waals surface area contributed by atoms with Crippen LogP contribution >= 0.6 is 0 Å². The van der Waals surface area contributed by atoms with Gasteiger partial charge in [0.15, 0.2) is 0 Å². The summed E-state index contributed by atoms with van der Waals surface area (Å²) in [6, 6.07) is 0. The maximum atomic E-state index is 2.67. The van der Waals surface area contributed by atoms with Crippen molar-refractivity contribution in [1.82, 2.24) is 0 Å². The number of hydrogen-bond donors (Lipinski definition) is 0. The molecule has 6 atom stereocenters. The third-order valence-corrected chi connectivity index (χ3v) is 8.26. The molecule has 0 saturated heterocycles. The molecule has 4 rings (SSSR count). The Balaban J connectivity index is 1.67. The van der Waals surface area contributed by atoms with E-state index in [0.717, 1.165) is 29.1 Å². The van der Waals surface area contributed by atoms with E-state index >= 15 is 0 Å². The van der Waals surface area contributed by atoms with E-state index in [4.69, 9.17) is 0 Å². The summed E-state index contributed by atoms with van der Waals surface area (Å²) in [6.45, 7) is 7.68. The molecule has 0 bridgehead atoms. The predicted molar refractivity (Wildman–Crippen MR) is 85.5 cm³/mol. The second-order valence-electron chi connectivity index (χ2n) is 9.20. The van der Waals surface area contributed by atoms with E-state index in [1.165, 1.54) is 44.9 Å². The van der Waals surface area contributed by atoms with Crippen LogP contribution in [-0.4, -0.2) is 0 Å². The quantitative estimate of drug-likeness (QED) is 0.476. The van der Waals surface area contributed by atoms with Crippen molar-refractivity contribution in [3.05, 3.63) is 11.6 Å². The number of fused-ring (bicyclic) bond motifs is 5. The number of allylic oxidation sites excluding steroid dienone is 2. The first-order valence-electron chi connectivity index (χ1n) is 9.19. The van der Waals surface area contributed by atoms with Gasteiger partial charge in [0, 0.05) is 0 Å². The zero-order valence-corrected chi connectivity index (χ0v) is 13.8. The molecule has 112 valence electrons. The molecule has 0 nitrogen and oxygen atoms in total. The second kappa shape index (κ2) is 4.37. The molecule has 20 heavy (non-hydrogen) atoms. The van der Waals surface area contributed by atoms with Crippen molar-refractivity contribution < 1.29 is 0 Å². The fraction of sp³-hybridized carbons (Fsp3) is 0.900. The summed E-state index contributed by atoms with van der Waals surface area (Å²) < 4.78 is 0. The summed E-state index contributed by atoms with van der Waals surface area (Å²) in [7, 11) is 0. The Kier molecular flexibility index (Phi) is 2.93. The summed E-state index contributed by atoms with van der Waals surface area (Å²) in [4.78, 5) is 0. The summed E-state index contributed by atoms with van der Waals surface area (Å²) in [6.07, 6.45) is 16.1. The molecule has 0 radical (unpaired) electrons. The topological polar surface area (TPSA) is 0 Å². The van der Waals surface area contributed by atoms with Crippen LogP contribution in [0.4, 0.5) is 0 Å². The normalized spacial score (nSPS) is 54.6. The molecule has 0 heterocycles. The van der Waals surface area contributed by atoms with Crippen LogP contribution in [0, 0.1) is 34.5 Å². The average Bonchev–Trinajstić information content (AvgIpc) is 2.79. The van der Waals surface area contributed by atoms with E-state index in [1.807, 2.05) is 0 Å². The maximum Gasteiger partial charge on any atom is -0.0226 e. The number of rotatable bonds is 0. The first-order chi connectivity index (χ1) is 9.53. The van der Waals surface area contributed by atoms with Crippen molar-refractivity contribution in [2.75, 3.05) is 0 Å². The third kappa shape index (κ3) is 1.72. The highest BCUT2D eigenvalue weighted by Gasteiger charge is 2.56. The summed E-state index contributed by atoms with van der Waals surface area (Å²) in [5.74, 6) is 4.19.